The standard InChI is InChI=1S/C6H14NO7PS2/c1-16-3-2-5(6(8)9)7-17(13,14)4-15(10,11)12/h5,7H,2-4H2,1H3,(H,8,9)(H2,10,11,12)/t5-/m0/s1. The largest absolute Gasteiger partial charge is 0.480 e. The Morgan fingerprint density at radius 3 is 2.35 bits per heavy atom. The van der Waals surface area contributed by atoms with E-state index < -0.39 is 35.1 Å². The van der Waals surface area contributed by atoms with Gasteiger partial charge in [0.05, 0.1) is 0 Å². The van der Waals surface area contributed by atoms with Gasteiger partial charge in [-0.2, -0.15) is 11.8 Å². The molecule has 8 nitrogen and oxygen atoms in total. The lowest BCUT2D eigenvalue weighted by Gasteiger charge is -2.14. The number of nitrogens with one attached hydrogen (secondary N) is 1. The molecule has 0 aromatic rings. The third-order valence-corrected chi connectivity index (χ3v) is 5.56. The van der Waals surface area contributed by atoms with E-state index in [9.17, 15) is 17.8 Å². The van der Waals surface area contributed by atoms with Crippen LogP contribution in [0.2, 0.25) is 0 Å². The van der Waals surface area contributed by atoms with E-state index in [1.807, 2.05) is 0 Å². The smallest absolute Gasteiger partial charge is 0.341 e. The van der Waals surface area contributed by atoms with Gasteiger partial charge < -0.3 is 14.9 Å². The summed E-state index contributed by atoms with van der Waals surface area (Å²) in [5, 5.41) is 8.73. The summed E-state index contributed by atoms with van der Waals surface area (Å²) < 4.78 is 34.8. The molecule has 0 aromatic carbocycles. The van der Waals surface area contributed by atoms with Crippen molar-refractivity contribution < 1.29 is 32.7 Å². The van der Waals surface area contributed by atoms with Crippen molar-refractivity contribution in [2.75, 3.05) is 17.5 Å². The Bertz CT molecular complexity index is 403. The molecule has 0 aliphatic carbocycles. The van der Waals surface area contributed by atoms with Crippen LogP contribution in [0.15, 0.2) is 0 Å². The Labute approximate surface area is 103 Å². The third kappa shape index (κ3) is 8.58. The van der Waals surface area contributed by atoms with Gasteiger partial charge in [-0.25, -0.2) is 13.1 Å². The maximum absolute atomic E-state index is 11.3. The Morgan fingerprint density at radius 1 is 1.47 bits per heavy atom. The first kappa shape index (κ1) is 16.9. The van der Waals surface area contributed by atoms with Gasteiger partial charge in [0.1, 0.15) is 6.04 Å². The van der Waals surface area contributed by atoms with Crippen molar-refractivity contribution in [3.8, 4) is 0 Å². The van der Waals surface area contributed by atoms with E-state index in [1.54, 1.807) is 11.0 Å². The van der Waals surface area contributed by atoms with Crippen molar-refractivity contribution in [1.82, 2.24) is 4.72 Å². The van der Waals surface area contributed by atoms with Gasteiger partial charge in [0.2, 0.25) is 10.0 Å². The number of sulfonamides is 1. The third-order valence-electron chi connectivity index (χ3n) is 1.57. The zero-order chi connectivity index (χ0) is 13.7. The van der Waals surface area contributed by atoms with Crippen LogP contribution in [0.25, 0.3) is 0 Å². The lowest BCUT2D eigenvalue weighted by molar-refractivity contribution is -0.139. The van der Waals surface area contributed by atoms with Crippen LogP contribution in [0.5, 0.6) is 0 Å². The number of hydrogen-bond acceptors (Lipinski definition) is 5. The van der Waals surface area contributed by atoms with E-state index in [2.05, 4.69) is 0 Å². The second kappa shape index (κ2) is 6.72. The molecule has 0 heterocycles. The van der Waals surface area contributed by atoms with Crippen LogP contribution in [0.3, 0.4) is 0 Å². The predicted molar refractivity (Wildman–Crippen MR) is 63.4 cm³/mol. The molecule has 0 fully saturated rings. The molecule has 0 bridgehead atoms. The van der Waals surface area contributed by atoms with E-state index in [1.165, 1.54) is 11.8 Å². The molecule has 0 saturated carbocycles. The first-order valence-corrected chi connectivity index (χ1v) is 9.18. The summed E-state index contributed by atoms with van der Waals surface area (Å²) in [4.78, 5) is 27.8. The fraction of sp³-hybridized carbons (Fsp3) is 0.833. The van der Waals surface area contributed by atoms with Gasteiger partial charge in [-0.3, -0.25) is 9.36 Å². The van der Waals surface area contributed by atoms with Gasteiger partial charge in [0, 0.05) is 0 Å². The average Bonchev–Trinajstić information content (AvgIpc) is 2.07. The molecule has 0 radical (unpaired) electrons. The highest BCUT2D eigenvalue weighted by Crippen LogP contribution is 2.35. The van der Waals surface area contributed by atoms with Gasteiger partial charge in [0.15, 0.2) is 5.49 Å². The summed E-state index contributed by atoms with van der Waals surface area (Å²) in [6, 6.07) is -1.38. The van der Waals surface area contributed by atoms with Crippen LogP contribution >= 0.6 is 19.4 Å². The van der Waals surface area contributed by atoms with Crippen molar-refractivity contribution in [1.29, 1.82) is 0 Å². The maximum atomic E-state index is 11.3. The minimum absolute atomic E-state index is 0.0386. The highest BCUT2D eigenvalue weighted by atomic mass is 32.2. The van der Waals surface area contributed by atoms with E-state index in [-0.39, 0.29) is 6.42 Å². The van der Waals surface area contributed by atoms with Crippen LogP contribution in [0.4, 0.5) is 0 Å². The fourth-order valence-corrected chi connectivity index (χ4v) is 4.14. The van der Waals surface area contributed by atoms with Crippen LogP contribution in [-0.4, -0.2) is 52.8 Å². The van der Waals surface area contributed by atoms with E-state index >= 15 is 0 Å². The molecule has 0 aliphatic heterocycles. The zero-order valence-electron chi connectivity index (χ0n) is 8.94. The van der Waals surface area contributed by atoms with Crippen molar-refractivity contribution in [2.45, 2.75) is 12.5 Å². The predicted octanol–water partition coefficient (Wildman–Crippen LogP) is -0.753. The molecule has 0 spiro atoms. The van der Waals surface area contributed by atoms with Crippen molar-refractivity contribution in [3.63, 3.8) is 0 Å². The molecule has 0 saturated heterocycles. The van der Waals surface area contributed by atoms with Gasteiger partial charge in [0.25, 0.3) is 0 Å². The highest BCUT2D eigenvalue weighted by Gasteiger charge is 2.29. The average molecular weight is 307 g/mol. The zero-order valence-corrected chi connectivity index (χ0v) is 11.5. The number of carboxylic acids is 1. The molecule has 0 aliphatic rings. The maximum Gasteiger partial charge on any atom is 0.341 e. The number of carbonyl (C=O) groups is 1. The molecule has 4 N–H and O–H groups in total. The molecular formula is C6H14NO7PS2. The number of aliphatic carboxylic acids is 1. The summed E-state index contributed by atoms with van der Waals surface area (Å²) in [6.45, 7) is 0. The van der Waals surface area contributed by atoms with Gasteiger partial charge in [-0.1, -0.05) is 0 Å². The van der Waals surface area contributed by atoms with E-state index in [0.717, 1.165) is 0 Å². The number of carboxylic acid groups (broad SMARTS) is 1. The lowest BCUT2D eigenvalue weighted by Crippen LogP contribution is -2.42. The number of thioether (sulfide) groups is 1. The Balaban J connectivity index is 4.64. The van der Waals surface area contributed by atoms with Crippen LogP contribution < -0.4 is 4.72 Å². The highest BCUT2D eigenvalue weighted by molar-refractivity contribution is 7.98. The summed E-state index contributed by atoms with van der Waals surface area (Å²) in [5.74, 6) is -0.969. The van der Waals surface area contributed by atoms with Crippen molar-refractivity contribution >= 4 is 35.4 Å². The lowest BCUT2D eigenvalue weighted by atomic mass is 10.2. The van der Waals surface area contributed by atoms with Crippen LogP contribution in [0.1, 0.15) is 6.42 Å². The van der Waals surface area contributed by atoms with Crippen molar-refractivity contribution in [3.05, 3.63) is 0 Å². The van der Waals surface area contributed by atoms with E-state index in [0.29, 0.717) is 5.75 Å². The second-order valence-corrected chi connectivity index (χ2v) is 8.01. The number of hydrogen-bond donors (Lipinski definition) is 4. The molecule has 11 heteroatoms. The minimum atomic E-state index is -4.75. The van der Waals surface area contributed by atoms with Crippen molar-refractivity contribution in [2.24, 2.45) is 0 Å². The Hall–Kier alpha value is -0.120. The van der Waals surface area contributed by atoms with E-state index in [4.69, 9.17) is 14.9 Å². The molecule has 0 aromatic heterocycles. The molecular weight excluding hydrogens is 293 g/mol. The Morgan fingerprint density at radius 2 is 2.00 bits per heavy atom. The fourth-order valence-electron chi connectivity index (χ4n) is 0.944. The minimum Gasteiger partial charge on any atom is -0.480 e. The normalized spacial score (nSPS) is 14.5. The SMILES string of the molecule is CSCC[C@H](NS(=O)(=O)CP(=O)(O)O)C(=O)O. The molecule has 102 valence electrons. The topological polar surface area (TPSA) is 141 Å². The summed E-state index contributed by atoms with van der Waals surface area (Å²) in [5.41, 5.74) is -1.41. The molecule has 1 atom stereocenters. The summed E-state index contributed by atoms with van der Waals surface area (Å²) >= 11 is 1.33. The first-order chi connectivity index (χ1) is 7.57. The van der Waals surface area contributed by atoms with Crippen LogP contribution in [0, 0.1) is 0 Å². The molecule has 17 heavy (non-hydrogen) atoms. The van der Waals surface area contributed by atoms with Gasteiger partial charge in [-0.15, -0.1) is 0 Å². The monoisotopic (exact) mass is 307 g/mol. The molecule has 0 rings (SSSR count). The summed E-state index contributed by atoms with van der Waals surface area (Å²) in [6.07, 6.45) is 1.76. The van der Waals surface area contributed by atoms with Gasteiger partial charge in [-0.05, 0) is 18.4 Å². The van der Waals surface area contributed by atoms with Gasteiger partial charge >= 0.3 is 13.6 Å². The first-order valence-electron chi connectivity index (χ1n) is 4.34. The quantitative estimate of drug-likeness (QED) is 0.429. The molecule has 0 amide bonds. The Kier molecular flexibility index (Phi) is 6.67. The van der Waals surface area contributed by atoms with Crippen LogP contribution in [-0.2, 0) is 19.4 Å². The summed E-state index contributed by atoms with van der Waals surface area (Å²) in [7, 11) is -9.07. The second-order valence-electron chi connectivity index (χ2n) is 3.20. The molecule has 0 unspecified atom stereocenters. The number of rotatable bonds is 8.